The molecule has 0 aliphatic heterocycles. The summed E-state index contributed by atoms with van der Waals surface area (Å²) in [5.74, 6) is 0.539. The summed E-state index contributed by atoms with van der Waals surface area (Å²) >= 11 is 5.95. The van der Waals surface area contributed by atoms with Gasteiger partial charge in [0, 0.05) is 5.02 Å². The van der Waals surface area contributed by atoms with Gasteiger partial charge >= 0.3 is 0 Å². The molecule has 3 rings (SSSR count). The van der Waals surface area contributed by atoms with Gasteiger partial charge in [-0.15, -0.1) is 0 Å². The molecule has 0 bridgehead atoms. The first-order valence-corrected chi connectivity index (χ1v) is 6.94. The van der Waals surface area contributed by atoms with Crippen LogP contribution >= 0.6 is 11.6 Å². The van der Waals surface area contributed by atoms with E-state index < -0.39 is 0 Å². The highest BCUT2D eigenvalue weighted by Gasteiger charge is 2.16. The second-order valence-electron chi connectivity index (χ2n) is 5.01. The molecule has 1 aromatic heterocycles. The Hall–Kier alpha value is -2.00. The lowest BCUT2D eigenvalue weighted by molar-refractivity contribution is 0.667. The summed E-state index contributed by atoms with van der Waals surface area (Å²) in [4.78, 5) is 4.45. The number of nitrogen functional groups attached to an aromatic ring is 1. The Kier molecular flexibility index (Phi) is 3.14. The molecule has 3 nitrogen and oxygen atoms in total. The zero-order valence-corrected chi connectivity index (χ0v) is 12.2. The van der Waals surface area contributed by atoms with E-state index in [1.807, 2.05) is 36.4 Å². The van der Waals surface area contributed by atoms with Gasteiger partial charge in [0.15, 0.2) is 0 Å². The van der Waals surface area contributed by atoms with Crippen LogP contribution in [0.1, 0.15) is 24.1 Å². The Morgan fingerprint density at radius 3 is 2.55 bits per heavy atom. The molecule has 0 radical (unpaired) electrons. The maximum absolute atomic E-state index is 6.12. The second-order valence-corrected chi connectivity index (χ2v) is 5.45. The van der Waals surface area contributed by atoms with E-state index in [-0.39, 0.29) is 6.04 Å². The van der Waals surface area contributed by atoms with Crippen molar-refractivity contribution in [2.24, 2.45) is 0 Å². The topological polar surface area (TPSA) is 43.8 Å². The zero-order valence-electron chi connectivity index (χ0n) is 11.5. The Bertz CT molecular complexity index is 759. The number of benzene rings is 2. The summed E-state index contributed by atoms with van der Waals surface area (Å²) in [5, 5.41) is 0.737. The summed E-state index contributed by atoms with van der Waals surface area (Å²) in [6.07, 6.45) is 0. The number of fused-ring (bicyclic) bond motifs is 1. The fourth-order valence-corrected chi connectivity index (χ4v) is 2.75. The van der Waals surface area contributed by atoms with Gasteiger partial charge in [-0.25, -0.2) is 4.98 Å². The zero-order chi connectivity index (χ0) is 14.3. The number of aryl methyl sites for hydroxylation is 1. The number of para-hydroxylation sites is 1. The SMILES string of the molecule is Cc1cccc2nc(N)n(C(C)c3ccc(Cl)cc3)c12. The average Bonchev–Trinajstić information content (AvgIpc) is 2.76. The Balaban J connectivity index is 2.18. The largest absolute Gasteiger partial charge is 0.369 e. The van der Waals surface area contributed by atoms with Crippen molar-refractivity contribution < 1.29 is 0 Å². The van der Waals surface area contributed by atoms with Crippen LogP contribution in [0.3, 0.4) is 0 Å². The van der Waals surface area contributed by atoms with Crippen LogP contribution in [-0.4, -0.2) is 9.55 Å². The highest BCUT2D eigenvalue weighted by atomic mass is 35.5. The fraction of sp³-hybridized carbons (Fsp3) is 0.188. The van der Waals surface area contributed by atoms with Crippen LogP contribution in [0, 0.1) is 6.92 Å². The Morgan fingerprint density at radius 1 is 1.15 bits per heavy atom. The molecule has 20 heavy (non-hydrogen) atoms. The minimum Gasteiger partial charge on any atom is -0.369 e. The summed E-state index contributed by atoms with van der Waals surface area (Å²) in [6, 6.07) is 14.0. The highest BCUT2D eigenvalue weighted by molar-refractivity contribution is 6.30. The first-order valence-electron chi connectivity index (χ1n) is 6.56. The van der Waals surface area contributed by atoms with Crippen LogP contribution in [0.2, 0.25) is 5.02 Å². The molecule has 2 N–H and O–H groups in total. The fourth-order valence-electron chi connectivity index (χ4n) is 2.62. The van der Waals surface area contributed by atoms with E-state index in [9.17, 15) is 0 Å². The minimum atomic E-state index is 0.110. The van der Waals surface area contributed by atoms with Crippen LogP contribution < -0.4 is 5.73 Å². The molecule has 102 valence electrons. The van der Waals surface area contributed by atoms with Crippen LogP contribution in [-0.2, 0) is 0 Å². The van der Waals surface area contributed by atoms with Gasteiger partial charge in [-0.2, -0.15) is 0 Å². The van der Waals surface area contributed by atoms with Gasteiger partial charge in [-0.05, 0) is 43.2 Å². The van der Waals surface area contributed by atoms with E-state index in [2.05, 4.69) is 29.5 Å². The van der Waals surface area contributed by atoms with Gasteiger partial charge in [0.25, 0.3) is 0 Å². The van der Waals surface area contributed by atoms with E-state index in [0.717, 1.165) is 21.6 Å². The van der Waals surface area contributed by atoms with Crippen molar-refractivity contribution in [1.29, 1.82) is 0 Å². The molecule has 1 unspecified atom stereocenters. The minimum absolute atomic E-state index is 0.110. The molecular weight excluding hydrogens is 270 g/mol. The van der Waals surface area contributed by atoms with Crippen molar-refractivity contribution in [1.82, 2.24) is 9.55 Å². The first kappa shape index (κ1) is 13.0. The molecule has 0 saturated carbocycles. The molecule has 0 amide bonds. The normalized spacial score (nSPS) is 12.8. The van der Waals surface area contributed by atoms with Crippen LogP contribution in [0.25, 0.3) is 11.0 Å². The molecule has 0 aliphatic carbocycles. The number of nitrogens with two attached hydrogens (primary N) is 1. The predicted octanol–water partition coefficient (Wildman–Crippen LogP) is 4.19. The lowest BCUT2D eigenvalue weighted by atomic mass is 10.1. The van der Waals surface area contributed by atoms with Gasteiger partial charge in [0.2, 0.25) is 5.95 Å². The van der Waals surface area contributed by atoms with E-state index in [1.165, 1.54) is 5.56 Å². The quantitative estimate of drug-likeness (QED) is 0.767. The number of hydrogen-bond donors (Lipinski definition) is 1. The van der Waals surface area contributed by atoms with Crippen molar-refractivity contribution in [2.75, 3.05) is 5.73 Å². The smallest absolute Gasteiger partial charge is 0.201 e. The number of nitrogens with zero attached hydrogens (tertiary/aromatic N) is 2. The molecule has 0 fully saturated rings. The third kappa shape index (κ3) is 2.04. The summed E-state index contributed by atoms with van der Waals surface area (Å²) in [7, 11) is 0. The van der Waals surface area contributed by atoms with Crippen molar-refractivity contribution >= 4 is 28.6 Å². The Morgan fingerprint density at radius 2 is 1.85 bits per heavy atom. The average molecular weight is 286 g/mol. The maximum atomic E-state index is 6.12. The summed E-state index contributed by atoms with van der Waals surface area (Å²) in [5.41, 5.74) is 10.5. The molecule has 1 heterocycles. The molecule has 2 aromatic carbocycles. The number of rotatable bonds is 2. The number of imidazole rings is 1. The lowest BCUT2D eigenvalue weighted by Gasteiger charge is -2.17. The number of anilines is 1. The molecule has 4 heteroatoms. The molecule has 0 spiro atoms. The van der Waals surface area contributed by atoms with Crippen LogP contribution in [0.15, 0.2) is 42.5 Å². The van der Waals surface area contributed by atoms with Crippen LogP contribution in [0.5, 0.6) is 0 Å². The third-order valence-electron chi connectivity index (χ3n) is 3.68. The van der Waals surface area contributed by atoms with Crippen molar-refractivity contribution in [3.8, 4) is 0 Å². The predicted molar refractivity (Wildman–Crippen MR) is 84.1 cm³/mol. The molecule has 1 atom stereocenters. The number of aromatic nitrogens is 2. The maximum Gasteiger partial charge on any atom is 0.201 e. The van der Waals surface area contributed by atoms with Crippen molar-refractivity contribution in [3.05, 3.63) is 58.6 Å². The summed E-state index contributed by atoms with van der Waals surface area (Å²) < 4.78 is 2.08. The summed E-state index contributed by atoms with van der Waals surface area (Å²) in [6.45, 7) is 4.20. The van der Waals surface area contributed by atoms with Gasteiger partial charge in [0.1, 0.15) is 0 Å². The van der Waals surface area contributed by atoms with E-state index in [0.29, 0.717) is 5.95 Å². The standard InChI is InChI=1S/C16H16ClN3/c1-10-4-3-5-14-15(10)20(16(18)19-14)11(2)12-6-8-13(17)9-7-12/h3-9,11H,1-2H3,(H2,18,19). The van der Waals surface area contributed by atoms with Crippen LogP contribution in [0.4, 0.5) is 5.95 Å². The number of hydrogen-bond acceptors (Lipinski definition) is 2. The molecule has 3 aromatic rings. The van der Waals surface area contributed by atoms with E-state index in [1.54, 1.807) is 0 Å². The Labute approximate surface area is 123 Å². The monoisotopic (exact) mass is 285 g/mol. The van der Waals surface area contributed by atoms with Crippen molar-refractivity contribution in [2.45, 2.75) is 19.9 Å². The van der Waals surface area contributed by atoms with Gasteiger partial charge < -0.3 is 10.3 Å². The number of halogens is 1. The molecular formula is C16H16ClN3. The third-order valence-corrected chi connectivity index (χ3v) is 3.93. The lowest BCUT2D eigenvalue weighted by Crippen LogP contribution is -2.10. The van der Waals surface area contributed by atoms with E-state index in [4.69, 9.17) is 17.3 Å². The second kappa shape index (κ2) is 4.84. The van der Waals surface area contributed by atoms with Crippen molar-refractivity contribution in [3.63, 3.8) is 0 Å². The van der Waals surface area contributed by atoms with Gasteiger partial charge in [-0.1, -0.05) is 35.9 Å². The molecule has 0 saturated heterocycles. The molecule has 0 aliphatic rings. The van der Waals surface area contributed by atoms with Gasteiger partial charge in [0.05, 0.1) is 17.1 Å². The van der Waals surface area contributed by atoms with E-state index >= 15 is 0 Å². The van der Waals surface area contributed by atoms with Gasteiger partial charge in [-0.3, -0.25) is 0 Å². The first-order chi connectivity index (χ1) is 9.58. The highest BCUT2D eigenvalue weighted by Crippen LogP contribution is 2.29.